The lowest BCUT2D eigenvalue weighted by Gasteiger charge is -2.27. The predicted octanol–water partition coefficient (Wildman–Crippen LogP) is 2.29. The Morgan fingerprint density at radius 1 is 1.00 bits per heavy atom. The maximum absolute atomic E-state index is 13.6. The van der Waals surface area contributed by atoms with Crippen molar-refractivity contribution in [2.75, 3.05) is 27.4 Å². The first-order valence-electron chi connectivity index (χ1n) is 10.7. The van der Waals surface area contributed by atoms with Gasteiger partial charge in [0.25, 0.3) is 0 Å². The largest absolute Gasteiger partial charge is 0.465 e. The highest BCUT2D eigenvalue weighted by Crippen LogP contribution is 2.30. The van der Waals surface area contributed by atoms with Crippen molar-refractivity contribution >= 4 is 27.9 Å². The number of esters is 3. The fourth-order valence-corrected chi connectivity index (χ4v) is 5.62. The molecule has 0 N–H and O–H groups in total. The number of carbonyl (C=O) groups is 3. The Morgan fingerprint density at radius 2 is 1.65 bits per heavy atom. The number of sulfonamides is 1. The Morgan fingerprint density at radius 3 is 2.24 bits per heavy atom. The molecule has 0 amide bonds. The van der Waals surface area contributed by atoms with Crippen LogP contribution in [0.25, 0.3) is 0 Å². The van der Waals surface area contributed by atoms with Crippen LogP contribution in [0, 0.1) is 6.92 Å². The highest BCUT2D eigenvalue weighted by molar-refractivity contribution is 7.89. The fraction of sp³-hybridized carbons (Fsp3) is 0.375. The van der Waals surface area contributed by atoms with E-state index in [-0.39, 0.29) is 42.0 Å². The van der Waals surface area contributed by atoms with Crippen LogP contribution in [-0.4, -0.2) is 64.0 Å². The van der Waals surface area contributed by atoms with E-state index in [1.54, 1.807) is 25.1 Å². The summed E-state index contributed by atoms with van der Waals surface area (Å²) in [6, 6.07) is 8.20. The van der Waals surface area contributed by atoms with E-state index >= 15 is 0 Å². The van der Waals surface area contributed by atoms with E-state index < -0.39 is 34.0 Å². The third-order valence-electron chi connectivity index (χ3n) is 5.73. The second kappa shape index (κ2) is 10.4. The van der Waals surface area contributed by atoms with E-state index in [9.17, 15) is 22.8 Å². The van der Waals surface area contributed by atoms with Crippen LogP contribution in [-0.2, 0) is 41.9 Å². The molecule has 1 atom stereocenters. The summed E-state index contributed by atoms with van der Waals surface area (Å²) in [6.45, 7) is 3.45. The van der Waals surface area contributed by atoms with Gasteiger partial charge in [-0.1, -0.05) is 23.8 Å². The van der Waals surface area contributed by atoms with Crippen molar-refractivity contribution in [1.82, 2.24) is 4.31 Å². The number of aryl methyl sites for hydroxylation is 1. The van der Waals surface area contributed by atoms with Crippen molar-refractivity contribution in [3.8, 4) is 0 Å². The predicted molar refractivity (Wildman–Crippen MR) is 122 cm³/mol. The number of nitrogens with zero attached hydrogens (tertiary/aromatic N) is 1. The van der Waals surface area contributed by atoms with E-state index in [0.717, 1.165) is 9.87 Å². The summed E-state index contributed by atoms with van der Waals surface area (Å²) in [6.07, 6.45) is 0.0380. The molecule has 0 radical (unpaired) electrons. The highest BCUT2D eigenvalue weighted by atomic mass is 32.2. The summed E-state index contributed by atoms with van der Waals surface area (Å²) in [5, 5.41) is 0. The first kappa shape index (κ1) is 25.4. The second-order valence-corrected chi connectivity index (χ2v) is 9.65. The minimum Gasteiger partial charge on any atom is -0.465 e. The molecule has 2 aromatic rings. The first-order chi connectivity index (χ1) is 16.1. The van der Waals surface area contributed by atoms with Crippen molar-refractivity contribution < 1.29 is 37.0 Å². The number of methoxy groups -OCH3 is 2. The highest BCUT2D eigenvalue weighted by Gasteiger charge is 2.40. The van der Waals surface area contributed by atoms with Crippen molar-refractivity contribution in [2.45, 2.75) is 37.6 Å². The molecule has 9 nitrogen and oxygen atoms in total. The summed E-state index contributed by atoms with van der Waals surface area (Å²) in [5.41, 5.74) is 1.89. The van der Waals surface area contributed by atoms with E-state index in [0.29, 0.717) is 11.1 Å². The normalized spacial score (nSPS) is 16.2. The van der Waals surface area contributed by atoms with E-state index in [4.69, 9.17) is 14.2 Å². The summed E-state index contributed by atoms with van der Waals surface area (Å²) in [7, 11) is -1.69. The molecule has 2 aromatic carbocycles. The maximum atomic E-state index is 13.6. The van der Waals surface area contributed by atoms with Crippen LogP contribution < -0.4 is 0 Å². The van der Waals surface area contributed by atoms with Gasteiger partial charge in [0, 0.05) is 13.0 Å². The van der Waals surface area contributed by atoms with Crippen LogP contribution in [0.5, 0.6) is 0 Å². The number of rotatable bonds is 6. The zero-order valence-electron chi connectivity index (χ0n) is 19.5. The third-order valence-corrected chi connectivity index (χ3v) is 7.66. The van der Waals surface area contributed by atoms with Crippen molar-refractivity contribution in [1.29, 1.82) is 0 Å². The van der Waals surface area contributed by atoms with E-state index in [1.165, 1.54) is 32.4 Å². The molecule has 34 heavy (non-hydrogen) atoms. The van der Waals surface area contributed by atoms with Crippen LogP contribution in [0.3, 0.4) is 0 Å². The number of fused-ring (bicyclic) bond motifs is 1. The Kier molecular flexibility index (Phi) is 7.73. The lowest BCUT2D eigenvalue weighted by Crippen LogP contribution is -2.46. The minimum absolute atomic E-state index is 0.00374. The zero-order chi connectivity index (χ0) is 25.0. The SMILES string of the molecule is CCOC(=O)C1Cc2ccc(C(=O)OC)c(C(=O)OC)c2CCN1S(=O)(=O)c1ccc(C)cc1. The number of benzene rings is 2. The van der Waals surface area contributed by atoms with Gasteiger partial charge >= 0.3 is 17.9 Å². The molecule has 0 fully saturated rings. The van der Waals surface area contributed by atoms with Crippen molar-refractivity contribution in [2.24, 2.45) is 0 Å². The molecule has 3 rings (SSSR count). The summed E-state index contributed by atoms with van der Waals surface area (Å²) < 4.78 is 43.1. The van der Waals surface area contributed by atoms with Gasteiger partial charge in [0.2, 0.25) is 10.0 Å². The number of ether oxygens (including phenoxy) is 3. The van der Waals surface area contributed by atoms with Gasteiger partial charge in [0.1, 0.15) is 6.04 Å². The zero-order valence-corrected chi connectivity index (χ0v) is 20.3. The topological polar surface area (TPSA) is 116 Å². The van der Waals surface area contributed by atoms with E-state index in [1.807, 2.05) is 6.92 Å². The van der Waals surface area contributed by atoms with Gasteiger partial charge in [-0.2, -0.15) is 4.31 Å². The average molecular weight is 490 g/mol. The van der Waals surface area contributed by atoms with Gasteiger partial charge in [0.05, 0.1) is 36.8 Å². The maximum Gasteiger partial charge on any atom is 0.339 e. The number of hydrogen-bond donors (Lipinski definition) is 0. The summed E-state index contributed by atoms with van der Waals surface area (Å²) in [4.78, 5) is 37.9. The Bertz CT molecular complexity index is 1200. The van der Waals surface area contributed by atoms with Crippen molar-refractivity contribution in [3.05, 3.63) is 64.2 Å². The average Bonchev–Trinajstić information content (AvgIpc) is 3.03. The van der Waals surface area contributed by atoms with Gasteiger partial charge in [-0.05, 0) is 49.6 Å². The monoisotopic (exact) mass is 489 g/mol. The molecule has 0 aromatic heterocycles. The minimum atomic E-state index is -4.08. The smallest absolute Gasteiger partial charge is 0.339 e. The van der Waals surface area contributed by atoms with Crippen LogP contribution in [0.15, 0.2) is 41.3 Å². The molecule has 182 valence electrons. The molecular weight excluding hydrogens is 462 g/mol. The molecule has 10 heteroatoms. The summed E-state index contributed by atoms with van der Waals surface area (Å²) >= 11 is 0. The van der Waals surface area contributed by atoms with Crippen LogP contribution in [0.4, 0.5) is 0 Å². The number of hydrogen-bond acceptors (Lipinski definition) is 8. The molecule has 1 aliphatic heterocycles. The lowest BCUT2D eigenvalue weighted by atomic mass is 9.91. The van der Waals surface area contributed by atoms with Gasteiger partial charge in [0.15, 0.2) is 0 Å². The molecule has 0 aliphatic carbocycles. The number of carbonyl (C=O) groups excluding carboxylic acids is 3. The van der Waals surface area contributed by atoms with Crippen LogP contribution >= 0.6 is 0 Å². The van der Waals surface area contributed by atoms with Gasteiger partial charge in [-0.15, -0.1) is 0 Å². The lowest BCUT2D eigenvalue weighted by molar-refractivity contribution is -0.147. The molecule has 0 bridgehead atoms. The van der Waals surface area contributed by atoms with Crippen LogP contribution in [0.2, 0.25) is 0 Å². The third kappa shape index (κ3) is 4.83. The molecule has 0 spiro atoms. The fourth-order valence-electron chi connectivity index (χ4n) is 4.04. The first-order valence-corrected chi connectivity index (χ1v) is 12.2. The van der Waals surface area contributed by atoms with Gasteiger partial charge in [-0.25, -0.2) is 18.0 Å². The molecular formula is C24H27NO8S. The Hall–Kier alpha value is -3.24. The van der Waals surface area contributed by atoms with Crippen molar-refractivity contribution in [3.63, 3.8) is 0 Å². The van der Waals surface area contributed by atoms with Gasteiger partial charge in [-0.3, -0.25) is 4.79 Å². The molecule has 1 aliphatic rings. The molecule has 0 saturated carbocycles. The standard InChI is InChI=1S/C24H27NO8S/c1-5-33-23(27)20-14-16-8-11-19(22(26)31-3)21(24(28)32-4)18(16)12-13-25(20)34(29,30)17-9-6-15(2)7-10-17/h6-11,20H,5,12-14H2,1-4H3. The molecule has 0 saturated heterocycles. The Balaban J connectivity index is 2.16. The molecule has 1 heterocycles. The van der Waals surface area contributed by atoms with Crippen LogP contribution in [0.1, 0.15) is 44.3 Å². The summed E-state index contributed by atoms with van der Waals surface area (Å²) in [5.74, 6) is -2.17. The van der Waals surface area contributed by atoms with E-state index in [2.05, 4.69) is 0 Å². The Labute approximate surface area is 198 Å². The second-order valence-electron chi connectivity index (χ2n) is 7.76. The van der Waals surface area contributed by atoms with Gasteiger partial charge < -0.3 is 14.2 Å². The quantitative estimate of drug-likeness (QED) is 0.448. The molecule has 1 unspecified atom stereocenters.